The zero-order chi connectivity index (χ0) is 13.8. The minimum atomic E-state index is 0.612. The number of ether oxygens (including phenoxy) is 1. The van der Waals surface area contributed by atoms with Crippen LogP contribution in [0.5, 0.6) is 5.88 Å². The molecule has 3 aromatic rings. The fourth-order valence-corrected chi connectivity index (χ4v) is 2.48. The number of methoxy groups -OCH3 is 1. The Morgan fingerprint density at radius 1 is 1.05 bits per heavy atom. The van der Waals surface area contributed by atoms with Gasteiger partial charge in [-0.25, -0.2) is 4.98 Å². The van der Waals surface area contributed by atoms with Crippen LogP contribution in [-0.2, 0) is 0 Å². The van der Waals surface area contributed by atoms with Gasteiger partial charge in [-0.3, -0.25) is 4.98 Å². The van der Waals surface area contributed by atoms with Gasteiger partial charge >= 0.3 is 0 Å². The number of para-hydroxylation sites is 1. The zero-order valence-electron chi connectivity index (χ0n) is 10.9. The van der Waals surface area contributed by atoms with Crippen molar-refractivity contribution in [1.29, 1.82) is 0 Å². The Hall–Kier alpha value is -2.27. The molecule has 2 heterocycles. The van der Waals surface area contributed by atoms with Crippen molar-refractivity contribution in [3.63, 3.8) is 0 Å². The maximum Gasteiger partial charge on any atom is 0.212 e. The first-order valence-corrected chi connectivity index (χ1v) is 6.95. The lowest BCUT2D eigenvalue weighted by Crippen LogP contribution is -1.91. The molecule has 0 radical (unpaired) electrons. The van der Waals surface area contributed by atoms with Gasteiger partial charge in [0.25, 0.3) is 0 Å². The van der Waals surface area contributed by atoms with Crippen molar-refractivity contribution in [3.05, 3.63) is 54.9 Å². The maximum atomic E-state index is 5.04. The first kappa shape index (κ1) is 12.7. The predicted molar refractivity (Wildman–Crippen MR) is 82.0 cm³/mol. The van der Waals surface area contributed by atoms with Crippen molar-refractivity contribution in [2.45, 2.75) is 4.90 Å². The second-order valence-corrected chi connectivity index (χ2v) is 5.00. The van der Waals surface area contributed by atoms with Crippen LogP contribution in [0.25, 0.3) is 10.9 Å². The lowest BCUT2D eigenvalue weighted by Gasteiger charge is -2.08. The number of fused-ring (bicyclic) bond motifs is 1. The van der Waals surface area contributed by atoms with Crippen molar-refractivity contribution < 1.29 is 4.74 Å². The van der Waals surface area contributed by atoms with Crippen molar-refractivity contribution in [1.82, 2.24) is 9.97 Å². The van der Waals surface area contributed by atoms with E-state index in [0.717, 1.165) is 21.5 Å². The largest absolute Gasteiger partial charge is 0.481 e. The average molecular weight is 283 g/mol. The minimum Gasteiger partial charge on any atom is -0.481 e. The Morgan fingerprint density at radius 3 is 2.75 bits per heavy atom. The minimum absolute atomic E-state index is 0.612. The number of aromatic nitrogens is 2. The Kier molecular flexibility index (Phi) is 3.69. The molecule has 2 aromatic heterocycles. The standard InChI is InChI=1S/C15H13N3OS/c1-19-14-8-7-12(10-17-14)20-18-13-6-2-4-11-5-3-9-16-15(11)13/h2-10,18H,1H3. The number of anilines is 1. The van der Waals surface area contributed by atoms with Crippen LogP contribution in [0.4, 0.5) is 5.69 Å². The highest BCUT2D eigenvalue weighted by molar-refractivity contribution is 8.00. The Morgan fingerprint density at radius 2 is 1.95 bits per heavy atom. The normalized spacial score (nSPS) is 10.4. The van der Waals surface area contributed by atoms with Crippen molar-refractivity contribution in [3.8, 4) is 5.88 Å². The Labute approximate surface area is 121 Å². The van der Waals surface area contributed by atoms with Gasteiger partial charge in [0.05, 0.1) is 18.3 Å². The topological polar surface area (TPSA) is 47.0 Å². The van der Waals surface area contributed by atoms with E-state index in [1.807, 2.05) is 42.5 Å². The second kappa shape index (κ2) is 5.79. The molecule has 0 spiro atoms. The number of rotatable bonds is 4. The molecule has 5 heteroatoms. The van der Waals surface area contributed by atoms with Crippen molar-refractivity contribution in [2.75, 3.05) is 11.8 Å². The van der Waals surface area contributed by atoms with E-state index in [1.165, 1.54) is 11.9 Å². The highest BCUT2D eigenvalue weighted by atomic mass is 32.2. The lowest BCUT2D eigenvalue weighted by atomic mass is 10.2. The molecule has 0 aliphatic carbocycles. The van der Waals surface area contributed by atoms with Gasteiger partial charge in [-0.1, -0.05) is 18.2 Å². The van der Waals surface area contributed by atoms with E-state index >= 15 is 0 Å². The molecule has 0 aliphatic heterocycles. The van der Waals surface area contributed by atoms with Crippen molar-refractivity contribution in [2.24, 2.45) is 0 Å². The molecule has 0 amide bonds. The second-order valence-electron chi connectivity index (χ2n) is 4.12. The van der Waals surface area contributed by atoms with Crippen LogP contribution in [0.1, 0.15) is 0 Å². The third-order valence-electron chi connectivity index (χ3n) is 2.83. The first-order chi connectivity index (χ1) is 9.86. The van der Waals surface area contributed by atoms with Crippen molar-refractivity contribution >= 4 is 28.5 Å². The van der Waals surface area contributed by atoms with E-state index in [0.29, 0.717) is 5.88 Å². The molecule has 0 aliphatic rings. The molecule has 0 fully saturated rings. The summed E-state index contributed by atoms with van der Waals surface area (Å²) in [4.78, 5) is 9.60. The molecule has 1 aromatic carbocycles. The van der Waals surface area contributed by atoms with E-state index in [1.54, 1.807) is 19.5 Å². The lowest BCUT2D eigenvalue weighted by molar-refractivity contribution is 0.397. The number of nitrogens with one attached hydrogen (secondary N) is 1. The van der Waals surface area contributed by atoms with Gasteiger partial charge in [0.15, 0.2) is 0 Å². The number of pyridine rings is 2. The third kappa shape index (κ3) is 2.67. The van der Waals surface area contributed by atoms with Crippen LogP contribution in [0.15, 0.2) is 59.8 Å². The highest BCUT2D eigenvalue weighted by Gasteiger charge is 2.02. The summed E-state index contributed by atoms with van der Waals surface area (Å²) < 4.78 is 8.35. The summed E-state index contributed by atoms with van der Waals surface area (Å²) in [6.45, 7) is 0. The van der Waals surface area contributed by atoms with E-state index in [4.69, 9.17) is 4.74 Å². The first-order valence-electron chi connectivity index (χ1n) is 6.13. The van der Waals surface area contributed by atoms with E-state index < -0.39 is 0 Å². The molecule has 20 heavy (non-hydrogen) atoms. The van der Waals surface area contributed by atoms with E-state index in [9.17, 15) is 0 Å². The number of benzene rings is 1. The summed E-state index contributed by atoms with van der Waals surface area (Å²) in [6, 6.07) is 13.9. The van der Waals surface area contributed by atoms with Crippen LogP contribution in [-0.4, -0.2) is 17.1 Å². The smallest absolute Gasteiger partial charge is 0.212 e. The molecule has 0 saturated heterocycles. The Bertz CT molecular complexity index is 710. The number of hydrogen-bond donors (Lipinski definition) is 1. The molecule has 3 rings (SSSR count). The summed E-state index contributed by atoms with van der Waals surface area (Å²) in [5.41, 5.74) is 1.95. The van der Waals surface area contributed by atoms with E-state index in [-0.39, 0.29) is 0 Å². The molecule has 0 saturated carbocycles. The molecular formula is C15H13N3OS. The number of hydrogen-bond acceptors (Lipinski definition) is 5. The summed E-state index contributed by atoms with van der Waals surface area (Å²) in [5, 5.41) is 1.12. The molecule has 100 valence electrons. The molecule has 4 nitrogen and oxygen atoms in total. The molecule has 0 bridgehead atoms. The molecular weight excluding hydrogens is 270 g/mol. The van der Waals surface area contributed by atoms with Crippen LogP contribution >= 0.6 is 11.9 Å². The average Bonchev–Trinajstić information content (AvgIpc) is 2.53. The Balaban J connectivity index is 1.79. The summed E-state index contributed by atoms with van der Waals surface area (Å²) >= 11 is 1.50. The summed E-state index contributed by atoms with van der Waals surface area (Å²) in [6.07, 6.45) is 3.57. The van der Waals surface area contributed by atoms with Gasteiger partial charge in [-0.2, -0.15) is 0 Å². The zero-order valence-corrected chi connectivity index (χ0v) is 11.7. The molecule has 0 atom stereocenters. The predicted octanol–water partition coefficient (Wildman–Crippen LogP) is 3.76. The SMILES string of the molecule is COc1ccc(SNc2cccc3cccnc23)cn1. The van der Waals surface area contributed by atoms with Crippen LogP contribution < -0.4 is 9.46 Å². The fraction of sp³-hybridized carbons (Fsp3) is 0.0667. The van der Waals surface area contributed by atoms with Crippen LogP contribution in [0.2, 0.25) is 0 Å². The maximum absolute atomic E-state index is 5.04. The molecule has 1 N–H and O–H groups in total. The highest BCUT2D eigenvalue weighted by Crippen LogP contribution is 2.26. The molecule has 0 unspecified atom stereocenters. The van der Waals surface area contributed by atoms with Gasteiger partial charge in [0.1, 0.15) is 0 Å². The van der Waals surface area contributed by atoms with Crippen LogP contribution in [0.3, 0.4) is 0 Å². The fourth-order valence-electron chi connectivity index (χ4n) is 1.85. The van der Waals surface area contributed by atoms with E-state index in [2.05, 4.69) is 14.7 Å². The van der Waals surface area contributed by atoms with Gasteiger partial charge < -0.3 is 9.46 Å². The summed E-state index contributed by atoms with van der Waals surface area (Å²) in [7, 11) is 1.61. The quantitative estimate of drug-likeness (QED) is 0.739. The van der Waals surface area contributed by atoms with Gasteiger partial charge in [-0.15, -0.1) is 0 Å². The third-order valence-corrected chi connectivity index (χ3v) is 3.63. The van der Waals surface area contributed by atoms with Crippen LogP contribution in [0, 0.1) is 0 Å². The number of nitrogens with zero attached hydrogens (tertiary/aromatic N) is 2. The van der Waals surface area contributed by atoms with Gasteiger partial charge in [0.2, 0.25) is 5.88 Å². The van der Waals surface area contributed by atoms with Gasteiger partial charge in [0, 0.05) is 28.7 Å². The van der Waals surface area contributed by atoms with Gasteiger partial charge in [-0.05, 0) is 30.1 Å². The summed E-state index contributed by atoms with van der Waals surface area (Å²) in [5.74, 6) is 0.612. The monoisotopic (exact) mass is 283 g/mol.